The van der Waals surface area contributed by atoms with E-state index in [-0.39, 0.29) is 30.2 Å². The highest BCUT2D eigenvalue weighted by atomic mass is 16.6. The second-order valence-electron chi connectivity index (χ2n) is 6.23. The second-order valence-corrected chi connectivity index (χ2v) is 6.23. The number of ether oxygens (including phenoxy) is 2. The molecule has 2 heterocycles. The number of Topliss-reactive ketones (excluding diaryl/α,β-unsaturated/α-hetero) is 1. The van der Waals surface area contributed by atoms with Crippen molar-refractivity contribution in [1.29, 1.82) is 0 Å². The van der Waals surface area contributed by atoms with Gasteiger partial charge in [-0.25, -0.2) is 9.59 Å². The first kappa shape index (κ1) is 21.7. The Balaban J connectivity index is 2.13. The molecule has 1 fully saturated rings. The van der Waals surface area contributed by atoms with Crippen molar-refractivity contribution in [3.8, 4) is 0 Å². The predicted molar refractivity (Wildman–Crippen MR) is 96.5 cm³/mol. The Kier molecular flexibility index (Phi) is 7.40. The van der Waals surface area contributed by atoms with Crippen LogP contribution in [0.5, 0.6) is 0 Å². The van der Waals surface area contributed by atoms with Gasteiger partial charge >= 0.3 is 11.8 Å². The van der Waals surface area contributed by atoms with Gasteiger partial charge in [0.2, 0.25) is 0 Å². The summed E-state index contributed by atoms with van der Waals surface area (Å²) < 4.78 is 11.2. The molecule has 154 valence electrons. The average molecular weight is 397 g/mol. The van der Waals surface area contributed by atoms with Crippen LogP contribution in [0.1, 0.15) is 31.6 Å². The van der Waals surface area contributed by atoms with Crippen molar-refractivity contribution in [2.45, 2.75) is 44.3 Å². The predicted octanol–water partition coefficient (Wildman–Crippen LogP) is -0.585. The van der Waals surface area contributed by atoms with Gasteiger partial charge in [-0.05, 0) is 13.3 Å². The van der Waals surface area contributed by atoms with E-state index in [2.05, 4.69) is 16.9 Å². The first-order valence-corrected chi connectivity index (χ1v) is 8.59. The first-order valence-electron chi connectivity index (χ1n) is 8.59. The van der Waals surface area contributed by atoms with E-state index in [0.29, 0.717) is 6.42 Å². The Morgan fingerprint density at radius 1 is 1.43 bits per heavy atom. The molecule has 1 aromatic heterocycles. The summed E-state index contributed by atoms with van der Waals surface area (Å²) in [6.45, 7) is 4.49. The SMILES string of the molecule is C=Cc1cn(C2O[C@H](CO)[C@@H](O)[C@H]2O)c(=O)nc1NC(=O)OCCCC(C)=O. The lowest BCUT2D eigenvalue weighted by atomic mass is 10.1. The van der Waals surface area contributed by atoms with E-state index < -0.39 is 42.9 Å². The lowest BCUT2D eigenvalue weighted by Gasteiger charge is -2.18. The van der Waals surface area contributed by atoms with Gasteiger partial charge in [0.15, 0.2) is 6.23 Å². The zero-order chi connectivity index (χ0) is 20.8. The van der Waals surface area contributed by atoms with Gasteiger partial charge in [-0.15, -0.1) is 0 Å². The molecule has 0 spiro atoms. The average Bonchev–Trinajstić information content (AvgIpc) is 2.93. The monoisotopic (exact) mass is 397 g/mol. The molecule has 4 N–H and O–H groups in total. The van der Waals surface area contributed by atoms with Crippen LogP contribution in [-0.4, -0.2) is 68.3 Å². The van der Waals surface area contributed by atoms with E-state index in [1.165, 1.54) is 19.2 Å². The minimum absolute atomic E-state index is 0.0203. The molecule has 1 amide bonds. The summed E-state index contributed by atoms with van der Waals surface area (Å²) in [6, 6.07) is 0. The normalized spacial score (nSPS) is 24.0. The number of hydrogen-bond acceptors (Lipinski definition) is 9. The number of hydrogen-bond donors (Lipinski definition) is 4. The number of ketones is 1. The molecule has 11 heteroatoms. The quantitative estimate of drug-likeness (QED) is 0.421. The standard InChI is InChI=1S/C17H23N3O8/c1-3-10-7-20(15-13(24)12(23)11(8-21)28-15)16(25)18-14(10)19-17(26)27-6-4-5-9(2)22/h3,7,11-13,15,21,23-24H,1,4-6,8H2,2H3,(H,18,19,25,26)/t11-,12-,13-,15?/m1/s1. The van der Waals surface area contributed by atoms with E-state index in [9.17, 15) is 24.6 Å². The second kappa shape index (κ2) is 9.55. The van der Waals surface area contributed by atoms with Gasteiger partial charge in [0.05, 0.1) is 13.2 Å². The van der Waals surface area contributed by atoms with Crippen LogP contribution in [0.15, 0.2) is 17.6 Å². The highest BCUT2D eigenvalue weighted by molar-refractivity contribution is 5.85. The number of anilines is 1. The Labute approximate surface area is 160 Å². The van der Waals surface area contributed by atoms with Crippen LogP contribution in [0.3, 0.4) is 0 Å². The van der Waals surface area contributed by atoms with Gasteiger partial charge in [-0.1, -0.05) is 12.7 Å². The van der Waals surface area contributed by atoms with Crippen molar-refractivity contribution in [3.05, 3.63) is 28.8 Å². The van der Waals surface area contributed by atoms with E-state index in [4.69, 9.17) is 14.6 Å². The molecule has 1 aromatic rings. The Bertz CT molecular complexity index is 793. The number of carbonyl (C=O) groups is 2. The lowest BCUT2D eigenvalue weighted by molar-refractivity contribution is -0.117. The summed E-state index contributed by atoms with van der Waals surface area (Å²) in [6.07, 6.45) is -2.80. The lowest BCUT2D eigenvalue weighted by Crippen LogP contribution is -2.36. The molecule has 28 heavy (non-hydrogen) atoms. The topological polar surface area (TPSA) is 160 Å². The number of aliphatic hydroxyl groups is 3. The summed E-state index contributed by atoms with van der Waals surface area (Å²) >= 11 is 0. The number of aliphatic hydroxyl groups excluding tert-OH is 3. The molecule has 4 atom stereocenters. The molecule has 1 aliphatic rings. The third kappa shape index (κ3) is 5.01. The summed E-state index contributed by atoms with van der Waals surface area (Å²) in [5.41, 5.74) is -0.634. The highest BCUT2D eigenvalue weighted by Gasteiger charge is 2.43. The maximum atomic E-state index is 12.3. The Morgan fingerprint density at radius 2 is 2.14 bits per heavy atom. The summed E-state index contributed by atoms with van der Waals surface area (Å²) in [7, 11) is 0. The van der Waals surface area contributed by atoms with Gasteiger partial charge in [-0.3, -0.25) is 9.88 Å². The van der Waals surface area contributed by atoms with Crippen LogP contribution in [0.2, 0.25) is 0 Å². The van der Waals surface area contributed by atoms with Crippen LogP contribution in [0, 0.1) is 0 Å². The third-order valence-electron chi connectivity index (χ3n) is 4.12. The van der Waals surface area contributed by atoms with E-state index in [1.807, 2.05) is 0 Å². The molecule has 11 nitrogen and oxygen atoms in total. The molecular formula is C17H23N3O8. The van der Waals surface area contributed by atoms with Gasteiger partial charge in [0.1, 0.15) is 29.9 Å². The largest absolute Gasteiger partial charge is 0.449 e. The van der Waals surface area contributed by atoms with Gasteiger partial charge in [0, 0.05) is 18.2 Å². The van der Waals surface area contributed by atoms with Gasteiger partial charge in [0.25, 0.3) is 0 Å². The van der Waals surface area contributed by atoms with E-state index in [0.717, 1.165) is 4.57 Å². The van der Waals surface area contributed by atoms with Crippen LogP contribution in [0.25, 0.3) is 6.08 Å². The van der Waals surface area contributed by atoms with Crippen LogP contribution >= 0.6 is 0 Å². The molecule has 0 aromatic carbocycles. The van der Waals surface area contributed by atoms with E-state index in [1.54, 1.807) is 0 Å². The minimum atomic E-state index is -1.46. The molecule has 1 aliphatic heterocycles. The number of carbonyl (C=O) groups excluding carboxylic acids is 2. The van der Waals surface area contributed by atoms with Crippen molar-refractivity contribution in [1.82, 2.24) is 9.55 Å². The van der Waals surface area contributed by atoms with Crippen molar-refractivity contribution in [2.75, 3.05) is 18.5 Å². The molecule has 1 unspecified atom stereocenters. The molecule has 2 rings (SSSR count). The maximum Gasteiger partial charge on any atom is 0.412 e. The van der Waals surface area contributed by atoms with Crippen LogP contribution in [0.4, 0.5) is 10.6 Å². The molecule has 0 aliphatic carbocycles. The van der Waals surface area contributed by atoms with Gasteiger partial charge < -0.3 is 29.6 Å². The maximum absolute atomic E-state index is 12.3. The smallest absolute Gasteiger partial charge is 0.412 e. The van der Waals surface area contributed by atoms with E-state index >= 15 is 0 Å². The van der Waals surface area contributed by atoms with Crippen molar-refractivity contribution in [2.24, 2.45) is 0 Å². The molecular weight excluding hydrogens is 374 g/mol. The van der Waals surface area contributed by atoms with Crippen LogP contribution < -0.4 is 11.0 Å². The Hall–Kier alpha value is -2.60. The number of nitrogens with one attached hydrogen (secondary N) is 1. The minimum Gasteiger partial charge on any atom is -0.449 e. The summed E-state index contributed by atoms with van der Waals surface area (Å²) in [5.74, 6) is -0.132. The highest BCUT2D eigenvalue weighted by Crippen LogP contribution is 2.28. The van der Waals surface area contributed by atoms with Crippen LogP contribution in [-0.2, 0) is 14.3 Å². The number of rotatable bonds is 8. The third-order valence-corrected chi connectivity index (χ3v) is 4.12. The fraction of sp³-hybridized carbons (Fsp3) is 0.529. The van der Waals surface area contributed by atoms with Crippen molar-refractivity contribution >= 4 is 23.8 Å². The number of nitrogens with zero attached hydrogens (tertiary/aromatic N) is 2. The van der Waals surface area contributed by atoms with Gasteiger partial charge in [-0.2, -0.15) is 4.98 Å². The number of aromatic nitrogens is 2. The molecule has 0 saturated carbocycles. The summed E-state index contributed by atoms with van der Waals surface area (Å²) in [5, 5.41) is 31.4. The fourth-order valence-electron chi connectivity index (χ4n) is 2.64. The fourth-order valence-corrected chi connectivity index (χ4v) is 2.64. The zero-order valence-electron chi connectivity index (χ0n) is 15.3. The molecule has 1 saturated heterocycles. The van der Waals surface area contributed by atoms with Crippen molar-refractivity contribution < 1.29 is 34.4 Å². The number of amides is 1. The Morgan fingerprint density at radius 3 is 2.71 bits per heavy atom. The molecule has 0 radical (unpaired) electrons. The molecule has 0 bridgehead atoms. The van der Waals surface area contributed by atoms with Crippen molar-refractivity contribution in [3.63, 3.8) is 0 Å². The zero-order valence-corrected chi connectivity index (χ0v) is 15.3. The summed E-state index contributed by atoms with van der Waals surface area (Å²) in [4.78, 5) is 38.7. The first-order chi connectivity index (χ1) is 13.3.